The van der Waals surface area contributed by atoms with Gasteiger partial charge in [0.15, 0.2) is 0 Å². The molecule has 130 valence electrons. The van der Waals surface area contributed by atoms with Crippen molar-refractivity contribution in [2.45, 2.75) is 37.4 Å². The molecule has 1 saturated heterocycles. The predicted molar refractivity (Wildman–Crippen MR) is 87.0 cm³/mol. The van der Waals surface area contributed by atoms with E-state index in [9.17, 15) is 19.2 Å². The third-order valence-corrected chi connectivity index (χ3v) is 4.53. The Kier molecular flexibility index (Phi) is 8.86. The molecule has 1 aliphatic rings. The molecule has 1 atom stereocenters. The van der Waals surface area contributed by atoms with Gasteiger partial charge in [0.2, 0.25) is 17.7 Å². The molecule has 0 spiro atoms. The maximum absolute atomic E-state index is 11.9. The van der Waals surface area contributed by atoms with Crippen molar-refractivity contribution >= 4 is 35.3 Å². The topological polar surface area (TPSA) is 92.8 Å². The highest BCUT2D eigenvalue weighted by atomic mass is 32.2. The van der Waals surface area contributed by atoms with Gasteiger partial charge in [0.1, 0.15) is 5.78 Å². The largest absolute Gasteiger partial charge is 0.384 e. The van der Waals surface area contributed by atoms with Crippen LogP contribution < -0.4 is 5.32 Å². The van der Waals surface area contributed by atoms with Crippen LogP contribution in [0.15, 0.2) is 0 Å². The van der Waals surface area contributed by atoms with Crippen molar-refractivity contribution in [3.05, 3.63) is 0 Å². The van der Waals surface area contributed by atoms with Crippen molar-refractivity contribution in [1.29, 1.82) is 0 Å². The number of rotatable bonds is 11. The van der Waals surface area contributed by atoms with E-state index in [2.05, 4.69) is 5.32 Å². The number of amides is 3. The fourth-order valence-corrected chi connectivity index (χ4v) is 2.87. The Balaban J connectivity index is 2.16. The summed E-state index contributed by atoms with van der Waals surface area (Å²) in [7, 11) is 1.55. The highest BCUT2D eigenvalue weighted by molar-refractivity contribution is 8.00. The molecule has 1 heterocycles. The number of ether oxygens (including phenoxy) is 1. The third kappa shape index (κ3) is 6.70. The summed E-state index contributed by atoms with van der Waals surface area (Å²) < 4.78 is 4.82. The second kappa shape index (κ2) is 10.4. The molecule has 8 heteroatoms. The van der Waals surface area contributed by atoms with Crippen molar-refractivity contribution in [1.82, 2.24) is 10.2 Å². The van der Waals surface area contributed by atoms with Gasteiger partial charge in [-0.3, -0.25) is 24.1 Å². The van der Waals surface area contributed by atoms with Crippen LogP contribution >= 0.6 is 11.8 Å². The highest BCUT2D eigenvalue weighted by Gasteiger charge is 2.37. The minimum Gasteiger partial charge on any atom is -0.384 e. The van der Waals surface area contributed by atoms with E-state index >= 15 is 0 Å². The first-order valence-corrected chi connectivity index (χ1v) is 8.92. The number of thioether (sulfide) groups is 1. The normalized spacial score (nSPS) is 17.7. The highest BCUT2D eigenvalue weighted by Crippen LogP contribution is 2.22. The number of hydrogen-bond donors (Lipinski definition) is 1. The van der Waals surface area contributed by atoms with E-state index in [0.717, 1.165) is 4.90 Å². The van der Waals surface area contributed by atoms with Gasteiger partial charge in [0.05, 0.1) is 11.9 Å². The lowest BCUT2D eigenvalue weighted by atomic mass is 10.2. The smallest absolute Gasteiger partial charge is 0.242 e. The van der Waals surface area contributed by atoms with Crippen LogP contribution in [0.3, 0.4) is 0 Å². The van der Waals surface area contributed by atoms with Crippen molar-refractivity contribution in [3.8, 4) is 0 Å². The zero-order chi connectivity index (χ0) is 17.2. The maximum Gasteiger partial charge on any atom is 0.242 e. The van der Waals surface area contributed by atoms with E-state index in [0.29, 0.717) is 32.4 Å². The quantitative estimate of drug-likeness (QED) is 0.430. The lowest BCUT2D eigenvalue weighted by molar-refractivity contribution is -0.138. The first-order chi connectivity index (χ1) is 11.0. The average molecular weight is 344 g/mol. The Bertz CT molecular complexity index is 455. The van der Waals surface area contributed by atoms with Crippen LogP contribution in [-0.4, -0.2) is 66.7 Å². The molecule has 1 rings (SSSR count). The summed E-state index contributed by atoms with van der Waals surface area (Å²) >= 11 is 1.35. The van der Waals surface area contributed by atoms with Gasteiger partial charge >= 0.3 is 0 Å². The molecule has 0 bridgehead atoms. The van der Waals surface area contributed by atoms with Crippen LogP contribution in [-0.2, 0) is 23.9 Å². The number of nitrogens with one attached hydrogen (secondary N) is 1. The van der Waals surface area contributed by atoms with Crippen LogP contribution in [0, 0.1) is 0 Å². The number of likely N-dealkylation sites (tertiary alicyclic amines) is 1. The first-order valence-electron chi connectivity index (χ1n) is 7.64. The molecule has 1 N–H and O–H groups in total. The first kappa shape index (κ1) is 19.6. The van der Waals surface area contributed by atoms with Crippen LogP contribution in [0.4, 0.5) is 0 Å². The van der Waals surface area contributed by atoms with Crippen LogP contribution in [0.2, 0.25) is 0 Å². The van der Waals surface area contributed by atoms with Gasteiger partial charge < -0.3 is 10.1 Å². The number of methoxy groups -OCH3 is 1. The standard InChI is InChI=1S/C15H24N2O5S/c1-22-9-6-11(18)4-3-7-16-13(19)5-8-17-14(20)10-12(23-2)15(17)21/h12H,3-10H2,1-2H3,(H,16,19). The third-order valence-electron chi connectivity index (χ3n) is 3.59. The number of hydrogen-bond acceptors (Lipinski definition) is 6. The number of carbonyl (C=O) groups is 4. The molecule has 3 amide bonds. The van der Waals surface area contributed by atoms with Crippen LogP contribution in [0.5, 0.6) is 0 Å². The van der Waals surface area contributed by atoms with Crippen molar-refractivity contribution in [3.63, 3.8) is 0 Å². The van der Waals surface area contributed by atoms with E-state index in [1.807, 2.05) is 0 Å². The Labute approximate surface area is 140 Å². The molecule has 0 aromatic heterocycles. The van der Waals surface area contributed by atoms with Crippen LogP contribution in [0.25, 0.3) is 0 Å². The van der Waals surface area contributed by atoms with Crippen molar-refractivity contribution in [2.75, 3.05) is 33.1 Å². The molecule has 0 radical (unpaired) electrons. The fraction of sp³-hybridized carbons (Fsp3) is 0.733. The molecule has 0 saturated carbocycles. The summed E-state index contributed by atoms with van der Waals surface area (Å²) in [5, 5.41) is 2.38. The Morgan fingerprint density at radius 2 is 2.04 bits per heavy atom. The number of Topliss-reactive ketones (excluding diaryl/α,β-unsaturated/α-hetero) is 1. The zero-order valence-corrected chi connectivity index (χ0v) is 14.4. The number of ketones is 1. The number of imide groups is 1. The van der Waals surface area contributed by atoms with Crippen molar-refractivity contribution in [2.24, 2.45) is 0 Å². The maximum atomic E-state index is 11.9. The van der Waals surface area contributed by atoms with Crippen molar-refractivity contribution < 1.29 is 23.9 Å². The second-order valence-corrected chi connectivity index (χ2v) is 6.34. The van der Waals surface area contributed by atoms with Gasteiger partial charge in [0.25, 0.3) is 0 Å². The Morgan fingerprint density at radius 3 is 2.65 bits per heavy atom. The van der Waals surface area contributed by atoms with E-state index < -0.39 is 0 Å². The second-order valence-electron chi connectivity index (χ2n) is 5.30. The molecule has 0 aliphatic carbocycles. The summed E-state index contributed by atoms with van der Waals surface area (Å²) in [6.07, 6.45) is 3.47. The van der Waals surface area contributed by atoms with E-state index in [1.165, 1.54) is 11.8 Å². The van der Waals surface area contributed by atoms with E-state index in [1.54, 1.807) is 13.4 Å². The summed E-state index contributed by atoms with van der Waals surface area (Å²) in [4.78, 5) is 47.9. The summed E-state index contributed by atoms with van der Waals surface area (Å²) in [6, 6.07) is 0. The minimum atomic E-state index is -0.316. The lowest BCUT2D eigenvalue weighted by Crippen LogP contribution is -2.35. The molecular weight excluding hydrogens is 320 g/mol. The molecule has 1 unspecified atom stereocenters. The predicted octanol–water partition coefficient (Wildman–Crippen LogP) is 0.369. The number of nitrogens with zero attached hydrogens (tertiary/aromatic N) is 1. The molecule has 1 aliphatic heterocycles. The molecular formula is C15H24N2O5S. The minimum absolute atomic E-state index is 0.0935. The average Bonchev–Trinajstić information content (AvgIpc) is 2.81. The van der Waals surface area contributed by atoms with Gasteiger partial charge in [-0.15, -0.1) is 0 Å². The van der Waals surface area contributed by atoms with Gasteiger partial charge in [-0.2, -0.15) is 11.8 Å². The Hall–Kier alpha value is -1.41. The molecule has 1 fully saturated rings. The molecule has 0 aromatic rings. The summed E-state index contributed by atoms with van der Waals surface area (Å²) in [5.41, 5.74) is 0. The number of carbonyl (C=O) groups excluding carboxylic acids is 4. The monoisotopic (exact) mass is 344 g/mol. The summed E-state index contributed by atoms with van der Waals surface area (Å²) in [6.45, 7) is 0.945. The van der Waals surface area contributed by atoms with Gasteiger partial charge in [-0.05, 0) is 12.7 Å². The fourth-order valence-electron chi connectivity index (χ4n) is 2.23. The van der Waals surface area contributed by atoms with Gasteiger partial charge in [-0.25, -0.2) is 0 Å². The molecule has 0 aromatic carbocycles. The van der Waals surface area contributed by atoms with E-state index in [-0.39, 0.29) is 48.1 Å². The molecule has 7 nitrogen and oxygen atoms in total. The Morgan fingerprint density at radius 1 is 1.30 bits per heavy atom. The van der Waals surface area contributed by atoms with Crippen LogP contribution in [0.1, 0.15) is 32.1 Å². The van der Waals surface area contributed by atoms with Gasteiger partial charge in [0, 0.05) is 45.9 Å². The lowest BCUT2D eigenvalue weighted by Gasteiger charge is -2.14. The SMILES string of the molecule is COCCC(=O)CCCNC(=O)CCN1C(=O)CC(SC)C1=O. The molecule has 23 heavy (non-hydrogen) atoms. The summed E-state index contributed by atoms with van der Waals surface area (Å²) in [5.74, 6) is -0.537. The van der Waals surface area contributed by atoms with Gasteiger partial charge in [-0.1, -0.05) is 0 Å². The van der Waals surface area contributed by atoms with E-state index in [4.69, 9.17) is 4.74 Å². The zero-order valence-electron chi connectivity index (χ0n) is 13.6.